The number of nitrogens with two attached hydrogens (primary N) is 1. The van der Waals surface area contributed by atoms with E-state index in [-0.39, 0.29) is 6.61 Å². The van der Waals surface area contributed by atoms with Crippen molar-refractivity contribution in [2.24, 2.45) is 5.73 Å². The molecule has 2 N–H and O–H groups in total. The van der Waals surface area contributed by atoms with E-state index in [9.17, 15) is 9.59 Å². The zero-order valence-electron chi connectivity index (χ0n) is 11.2. The number of carbonyl (C=O) groups excluding carboxylic acids is 2. The van der Waals surface area contributed by atoms with E-state index in [0.717, 1.165) is 5.56 Å². The van der Waals surface area contributed by atoms with Crippen LogP contribution in [0.1, 0.15) is 17.0 Å². The van der Waals surface area contributed by atoms with Gasteiger partial charge < -0.3 is 10.5 Å². The van der Waals surface area contributed by atoms with Crippen LogP contribution in [0.15, 0.2) is 54.6 Å². The van der Waals surface area contributed by atoms with Gasteiger partial charge in [0.05, 0.1) is 0 Å². The van der Waals surface area contributed by atoms with Gasteiger partial charge in [0, 0.05) is 5.02 Å². The highest BCUT2D eigenvalue weighted by Gasteiger charge is 2.27. The van der Waals surface area contributed by atoms with Crippen LogP contribution in [0.2, 0.25) is 5.02 Å². The molecule has 0 radical (unpaired) electrons. The zero-order chi connectivity index (χ0) is 15.2. The Hall–Kier alpha value is -2.33. The Morgan fingerprint density at radius 3 is 2.24 bits per heavy atom. The van der Waals surface area contributed by atoms with Crippen molar-refractivity contribution in [1.82, 2.24) is 0 Å². The number of hydrogen-bond donors (Lipinski definition) is 1. The summed E-state index contributed by atoms with van der Waals surface area (Å²) in [5.41, 5.74) is 6.60. The first-order valence-electron chi connectivity index (χ1n) is 6.33. The summed E-state index contributed by atoms with van der Waals surface area (Å²) in [7, 11) is 0. The molecule has 0 aliphatic heterocycles. The number of benzene rings is 2. The highest BCUT2D eigenvalue weighted by molar-refractivity contribution is 6.30. The van der Waals surface area contributed by atoms with Crippen LogP contribution in [0.4, 0.5) is 0 Å². The summed E-state index contributed by atoms with van der Waals surface area (Å²) < 4.78 is 5.16. The molecule has 1 amide bonds. The topological polar surface area (TPSA) is 69.4 Å². The van der Waals surface area contributed by atoms with Crippen molar-refractivity contribution in [2.75, 3.05) is 0 Å². The third-order valence-electron chi connectivity index (χ3n) is 2.95. The van der Waals surface area contributed by atoms with Gasteiger partial charge in [0.25, 0.3) is 0 Å². The van der Waals surface area contributed by atoms with Crippen LogP contribution < -0.4 is 5.73 Å². The molecule has 2 rings (SSSR count). The van der Waals surface area contributed by atoms with Crippen molar-refractivity contribution in [1.29, 1.82) is 0 Å². The van der Waals surface area contributed by atoms with Crippen LogP contribution in [0.3, 0.4) is 0 Å². The fourth-order valence-corrected chi connectivity index (χ4v) is 2.01. The van der Waals surface area contributed by atoms with Gasteiger partial charge in [0.2, 0.25) is 5.91 Å². The number of ether oxygens (including phenoxy) is 1. The predicted octanol–water partition coefficient (Wildman–Crippen LogP) is 2.65. The quantitative estimate of drug-likeness (QED) is 0.682. The minimum Gasteiger partial charge on any atom is -0.460 e. The monoisotopic (exact) mass is 303 g/mol. The third kappa shape index (κ3) is 4.07. The van der Waals surface area contributed by atoms with Gasteiger partial charge in [-0.15, -0.1) is 0 Å². The molecule has 1 unspecified atom stereocenters. The average Bonchev–Trinajstić information content (AvgIpc) is 2.47. The smallest absolute Gasteiger partial charge is 0.323 e. The Balaban J connectivity index is 2.06. The second-order valence-corrected chi connectivity index (χ2v) is 4.92. The van der Waals surface area contributed by atoms with Crippen molar-refractivity contribution in [3.63, 3.8) is 0 Å². The van der Waals surface area contributed by atoms with Crippen LogP contribution in [-0.4, -0.2) is 11.9 Å². The molecule has 0 saturated heterocycles. The number of halogens is 1. The first-order chi connectivity index (χ1) is 10.1. The van der Waals surface area contributed by atoms with E-state index in [1.54, 1.807) is 54.6 Å². The van der Waals surface area contributed by atoms with Gasteiger partial charge in [0.1, 0.15) is 6.61 Å². The lowest BCUT2D eigenvalue weighted by Gasteiger charge is -2.13. The summed E-state index contributed by atoms with van der Waals surface area (Å²) in [5, 5.41) is 0.601. The molecule has 21 heavy (non-hydrogen) atoms. The fourth-order valence-electron chi connectivity index (χ4n) is 1.88. The van der Waals surface area contributed by atoms with Gasteiger partial charge in [-0.1, -0.05) is 54.1 Å². The van der Waals surface area contributed by atoms with Crippen LogP contribution in [0.25, 0.3) is 0 Å². The van der Waals surface area contributed by atoms with E-state index in [2.05, 4.69) is 0 Å². The van der Waals surface area contributed by atoms with Crippen LogP contribution in [0, 0.1) is 0 Å². The van der Waals surface area contributed by atoms with Crippen molar-refractivity contribution in [3.8, 4) is 0 Å². The molecule has 0 saturated carbocycles. The van der Waals surface area contributed by atoms with Gasteiger partial charge in [-0.05, 0) is 23.3 Å². The number of amides is 1. The van der Waals surface area contributed by atoms with Gasteiger partial charge >= 0.3 is 5.97 Å². The Kier molecular flexibility index (Phi) is 4.95. The number of primary amides is 1. The van der Waals surface area contributed by atoms with E-state index < -0.39 is 17.8 Å². The summed E-state index contributed by atoms with van der Waals surface area (Å²) in [4.78, 5) is 23.6. The zero-order valence-corrected chi connectivity index (χ0v) is 11.9. The molecule has 0 bridgehead atoms. The lowest BCUT2D eigenvalue weighted by Crippen LogP contribution is -2.29. The van der Waals surface area contributed by atoms with Gasteiger partial charge in [-0.25, -0.2) is 0 Å². The molecule has 4 nitrogen and oxygen atoms in total. The minimum atomic E-state index is -1.10. The second-order valence-electron chi connectivity index (χ2n) is 4.48. The SMILES string of the molecule is NC(=O)C(C(=O)OCc1ccc(Cl)cc1)c1ccccc1. The van der Waals surface area contributed by atoms with E-state index in [0.29, 0.717) is 10.6 Å². The summed E-state index contributed by atoms with van der Waals surface area (Å²) in [6, 6.07) is 15.5. The van der Waals surface area contributed by atoms with E-state index >= 15 is 0 Å². The highest BCUT2D eigenvalue weighted by Crippen LogP contribution is 2.18. The lowest BCUT2D eigenvalue weighted by molar-refractivity contribution is -0.149. The Labute approximate surface area is 127 Å². The Morgan fingerprint density at radius 2 is 1.67 bits per heavy atom. The van der Waals surface area contributed by atoms with Gasteiger partial charge in [0.15, 0.2) is 5.92 Å². The number of hydrogen-bond acceptors (Lipinski definition) is 3. The van der Waals surface area contributed by atoms with E-state index in [4.69, 9.17) is 22.1 Å². The molecular weight excluding hydrogens is 290 g/mol. The average molecular weight is 304 g/mol. The van der Waals surface area contributed by atoms with Crippen molar-refractivity contribution < 1.29 is 14.3 Å². The van der Waals surface area contributed by atoms with Gasteiger partial charge in [-0.3, -0.25) is 9.59 Å². The lowest BCUT2D eigenvalue weighted by atomic mass is 9.99. The van der Waals surface area contributed by atoms with Crippen LogP contribution >= 0.6 is 11.6 Å². The second kappa shape index (κ2) is 6.90. The van der Waals surface area contributed by atoms with Gasteiger partial charge in [-0.2, -0.15) is 0 Å². The molecule has 5 heteroatoms. The molecule has 2 aromatic rings. The normalized spacial score (nSPS) is 11.7. The number of esters is 1. The molecule has 2 aromatic carbocycles. The summed E-state index contributed by atoms with van der Waals surface area (Å²) in [6.07, 6.45) is 0. The first kappa shape index (κ1) is 15.1. The molecular formula is C16H14ClNO3. The standard InChI is InChI=1S/C16H14ClNO3/c17-13-8-6-11(7-9-13)10-21-16(20)14(15(18)19)12-4-2-1-3-5-12/h1-9,14H,10H2,(H2,18,19). The molecule has 0 spiro atoms. The molecule has 0 fully saturated rings. The fraction of sp³-hybridized carbons (Fsp3) is 0.125. The minimum absolute atomic E-state index is 0.0621. The maximum Gasteiger partial charge on any atom is 0.323 e. The molecule has 0 aromatic heterocycles. The summed E-state index contributed by atoms with van der Waals surface area (Å²) in [5.74, 6) is -2.50. The van der Waals surface area contributed by atoms with Crippen LogP contribution in [-0.2, 0) is 20.9 Å². The first-order valence-corrected chi connectivity index (χ1v) is 6.71. The largest absolute Gasteiger partial charge is 0.460 e. The molecule has 0 aliphatic carbocycles. The van der Waals surface area contributed by atoms with Crippen molar-refractivity contribution >= 4 is 23.5 Å². The molecule has 1 atom stereocenters. The summed E-state index contributed by atoms with van der Waals surface area (Å²) >= 11 is 5.78. The van der Waals surface area contributed by atoms with Crippen molar-refractivity contribution in [3.05, 3.63) is 70.7 Å². The molecule has 0 heterocycles. The number of rotatable bonds is 5. The number of carbonyl (C=O) groups is 2. The Bertz CT molecular complexity index is 626. The molecule has 108 valence electrons. The maximum absolute atomic E-state index is 12.1. The van der Waals surface area contributed by atoms with Crippen LogP contribution in [0.5, 0.6) is 0 Å². The maximum atomic E-state index is 12.1. The van der Waals surface area contributed by atoms with Crippen molar-refractivity contribution in [2.45, 2.75) is 12.5 Å². The highest BCUT2D eigenvalue weighted by atomic mass is 35.5. The summed E-state index contributed by atoms with van der Waals surface area (Å²) in [6.45, 7) is 0.0621. The van der Waals surface area contributed by atoms with E-state index in [1.807, 2.05) is 0 Å². The Morgan fingerprint density at radius 1 is 1.05 bits per heavy atom. The third-order valence-corrected chi connectivity index (χ3v) is 3.20. The predicted molar refractivity (Wildman–Crippen MR) is 79.6 cm³/mol. The van der Waals surface area contributed by atoms with E-state index in [1.165, 1.54) is 0 Å². The molecule has 0 aliphatic rings.